The van der Waals surface area contributed by atoms with Gasteiger partial charge in [0.25, 0.3) is 0 Å². The molecule has 0 unspecified atom stereocenters. The molecule has 0 amide bonds. The van der Waals surface area contributed by atoms with Crippen molar-refractivity contribution in [2.45, 2.75) is 25.6 Å². The van der Waals surface area contributed by atoms with Crippen LogP contribution in [0, 0.1) is 0 Å². The van der Waals surface area contributed by atoms with Crippen molar-refractivity contribution in [2.75, 3.05) is 13.1 Å². The molecule has 5 nitrogen and oxygen atoms in total. The molecule has 0 bridgehead atoms. The zero-order valence-electron chi connectivity index (χ0n) is 9.97. The van der Waals surface area contributed by atoms with E-state index < -0.39 is 0 Å². The van der Waals surface area contributed by atoms with Crippen molar-refractivity contribution >= 4 is 21.6 Å². The number of nitrogens with one attached hydrogen (secondary N) is 1. The number of hydrogen-bond acceptors (Lipinski definition) is 4. The van der Waals surface area contributed by atoms with Gasteiger partial charge in [-0.1, -0.05) is 0 Å². The highest BCUT2D eigenvalue weighted by Gasteiger charge is 2.14. The molecule has 2 aromatic rings. The molecular weight excluding hydrogens is 296 g/mol. The van der Waals surface area contributed by atoms with E-state index in [1.807, 2.05) is 22.7 Å². The van der Waals surface area contributed by atoms with E-state index in [0.717, 1.165) is 41.9 Å². The van der Waals surface area contributed by atoms with Gasteiger partial charge in [-0.25, -0.2) is 0 Å². The minimum absolute atomic E-state index is 0.339. The summed E-state index contributed by atoms with van der Waals surface area (Å²) in [5.41, 5.74) is 0.849. The van der Waals surface area contributed by atoms with Crippen LogP contribution < -0.4 is 5.32 Å². The number of hydrogen-bond donors (Lipinski definition) is 1. The van der Waals surface area contributed by atoms with E-state index in [1.165, 1.54) is 0 Å². The molecule has 0 atom stereocenters. The highest BCUT2D eigenvalue weighted by atomic mass is 79.9. The van der Waals surface area contributed by atoms with Crippen molar-refractivity contribution in [1.29, 1.82) is 0 Å². The van der Waals surface area contributed by atoms with Crippen LogP contribution in [0.5, 0.6) is 0 Å². The zero-order valence-corrected chi connectivity index (χ0v) is 11.6. The Bertz CT molecular complexity index is 536. The highest BCUT2D eigenvalue weighted by molar-refractivity contribution is 9.10. The molecule has 3 heterocycles. The molecule has 0 aromatic carbocycles. The van der Waals surface area contributed by atoms with Gasteiger partial charge >= 0.3 is 0 Å². The number of rotatable bonds is 3. The van der Waals surface area contributed by atoms with E-state index in [4.69, 9.17) is 4.74 Å². The standard InChI is InChI=1S/C12H15BrN4O/c13-9-1-2-11-15-16-12(17(11)7-9)8-18-10-3-5-14-6-4-10/h1-2,7,10,14H,3-6,8H2. The van der Waals surface area contributed by atoms with Crippen LogP contribution in [0.15, 0.2) is 22.8 Å². The number of ether oxygens (including phenoxy) is 1. The van der Waals surface area contributed by atoms with Gasteiger partial charge in [-0.2, -0.15) is 0 Å². The predicted molar refractivity (Wildman–Crippen MR) is 71.4 cm³/mol. The molecule has 0 radical (unpaired) electrons. The topological polar surface area (TPSA) is 51.5 Å². The fraction of sp³-hybridized carbons (Fsp3) is 0.500. The second kappa shape index (κ2) is 5.34. The monoisotopic (exact) mass is 310 g/mol. The first kappa shape index (κ1) is 12.1. The van der Waals surface area contributed by atoms with Crippen LogP contribution in [0.2, 0.25) is 0 Å². The number of fused-ring (bicyclic) bond motifs is 1. The van der Waals surface area contributed by atoms with Gasteiger partial charge in [0.2, 0.25) is 0 Å². The van der Waals surface area contributed by atoms with Crippen LogP contribution in [0.1, 0.15) is 18.7 Å². The maximum Gasteiger partial charge on any atom is 0.163 e. The molecule has 1 N–H and O–H groups in total. The summed E-state index contributed by atoms with van der Waals surface area (Å²) in [6.45, 7) is 2.59. The molecule has 1 saturated heterocycles. The SMILES string of the molecule is Brc1ccc2nnc(COC3CCNCC3)n2c1. The van der Waals surface area contributed by atoms with E-state index in [9.17, 15) is 0 Å². The van der Waals surface area contributed by atoms with Crippen LogP contribution in [0.25, 0.3) is 5.65 Å². The number of nitrogens with zero attached hydrogens (tertiary/aromatic N) is 3. The van der Waals surface area contributed by atoms with Gasteiger partial charge in [0.15, 0.2) is 11.5 Å². The molecule has 1 aliphatic rings. The van der Waals surface area contributed by atoms with Gasteiger partial charge in [-0.3, -0.25) is 4.40 Å². The Morgan fingerprint density at radius 3 is 3.00 bits per heavy atom. The summed E-state index contributed by atoms with van der Waals surface area (Å²) in [4.78, 5) is 0. The molecule has 1 aliphatic heterocycles. The van der Waals surface area contributed by atoms with Crippen molar-refractivity contribution in [1.82, 2.24) is 19.9 Å². The van der Waals surface area contributed by atoms with Crippen molar-refractivity contribution in [3.63, 3.8) is 0 Å². The lowest BCUT2D eigenvalue weighted by Gasteiger charge is -2.22. The van der Waals surface area contributed by atoms with E-state index >= 15 is 0 Å². The Balaban J connectivity index is 1.72. The number of halogens is 1. The van der Waals surface area contributed by atoms with Gasteiger partial charge in [-0.15, -0.1) is 10.2 Å². The lowest BCUT2D eigenvalue weighted by molar-refractivity contribution is 0.0174. The first-order chi connectivity index (χ1) is 8.83. The maximum atomic E-state index is 5.90. The first-order valence-electron chi connectivity index (χ1n) is 6.14. The Labute approximate surface area is 114 Å². The number of aromatic nitrogens is 3. The largest absolute Gasteiger partial charge is 0.370 e. The van der Waals surface area contributed by atoms with E-state index in [0.29, 0.717) is 12.7 Å². The summed E-state index contributed by atoms with van der Waals surface area (Å²) in [5, 5.41) is 11.6. The summed E-state index contributed by atoms with van der Waals surface area (Å²) >= 11 is 3.45. The molecule has 18 heavy (non-hydrogen) atoms. The van der Waals surface area contributed by atoms with Gasteiger partial charge in [0, 0.05) is 10.7 Å². The third kappa shape index (κ3) is 2.55. The van der Waals surface area contributed by atoms with Gasteiger partial charge in [-0.05, 0) is 54.0 Å². The van der Waals surface area contributed by atoms with E-state index in [2.05, 4.69) is 31.4 Å². The van der Waals surface area contributed by atoms with Crippen molar-refractivity contribution < 1.29 is 4.74 Å². The molecule has 1 fully saturated rings. The van der Waals surface area contributed by atoms with Crippen molar-refractivity contribution in [3.05, 3.63) is 28.6 Å². The molecule has 0 saturated carbocycles. The Morgan fingerprint density at radius 2 is 2.17 bits per heavy atom. The maximum absolute atomic E-state index is 5.90. The van der Waals surface area contributed by atoms with E-state index in [-0.39, 0.29) is 0 Å². The predicted octanol–water partition coefficient (Wildman–Crippen LogP) is 1.76. The lowest BCUT2D eigenvalue weighted by atomic mass is 10.1. The molecule has 2 aromatic heterocycles. The van der Waals surface area contributed by atoms with Crippen LogP contribution in [-0.4, -0.2) is 33.8 Å². The Hall–Kier alpha value is -0.980. The average Bonchev–Trinajstić information content (AvgIpc) is 2.80. The minimum Gasteiger partial charge on any atom is -0.370 e. The number of piperidine rings is 1. The van der Waals surface area contributed by atoms with Gasteiger partial charge in [0.1, 0.15) is 6.61 Å². The van der Waals surface area contributed by atoms with Crippen molar-refractivity contribution in [3.8, 4) is 0 Å². The third-order valence-corrected chi connectivity index (χ3v) is 3.64. The average molecular weight is 311 g/mol. The summed E-state index contributed by atoms with van der Waals surface area (Å²) in [5.74, 6) is 0.852. The fourth-order valence-electron chi connectivity index (χ4n) is 2.17. The molecule has 3 rings (SSSR count). The summed E-state index contributed by atoms with van der Waals surface area (Å²) in [6.07, 6.45) is 4.45. The smallest absolute Gasteiger partial charge is 0.163 e. The lowest BCUT2D eigenvalue weighted by Crippen LogP contribution is -2.32. The normalized spacial score (nSPS) is 17.4. The molecule has 96 valence electrons. The quantitative estimate of drug-likeness (QED) is 0.938. The van der Waals surface area contributed by atoms with Crippen LogP contribution in [-0.2, 0) is 11.3 Å². The van der Waals surface area contributed by atoms with Crippen LogP contribution >= 0.6 is 15.9 Å². The van der Waals surface area contributed by atoms with Crippen LogP contribution in [0.3, 0.4) is 0 Å². The summed E-state index contributed by atoms with van der Waals surface area (Å²) < 4.78 is 8.87. The molecule has 6 heteroatoms. The second-order valence-electron chi connectivity index (χ2n) is 4.45. The number of pyridine rings is 1. The zero-order chi connectivity index (χ0) is 12.4. The fourth-order valence-corrected chi connectivity index (χ4v) is 2.50. The molecule has 0 aliphatic carbocycles. The minimum atomic E-state index is 0.339. The molecular formula is C12H15BrN4O. The molecule has 0 spiro atoms. The van der Waals surface area contributed by atoms with E-state index in [1.54, 1.807) is 0 Å². The van der Waals surface area contributed by atoms with Gasteiger partial charge in [0.05, 0.1) is 6.10 Å². The highest BCUT2D eigenvalue weighted by Crippen LogP contribution is 2.14. The first-order valence-corrected chi connectivity index (χ1v) is 6.94. The Kier molecular flexibility index (Phi) is 3.58. The summed E-state index contributed by atoms with van der Waals surface area (Å²) in [7, 11) is 0. The van der Waals surface area contributed by atoms with Crippen molar-refractivity contribution in [2.24, 2.45) is 0 Å². The van der Waals surface area contributed by atoms with Gasteiger partial charge < -0.3 is 10.1 Å². The summed E-state index contributed by atoms with van der Waals surface area (Å²) in [6, 6.07) is 3.90. The van der Waals surface area contributed by atoms with Crippen LogP contribution in [0.4, 0.5) is 0 Å². The Morgan fingerprint density at radius 1 is 1.33 bits per heavy atom. The second-order valence-corrected chi connectivity index (χ2v) is 5.37. The third-order valence-electron chi connectivity index (χ3n) is 3.17.